The fraction of sp³-hybridized carbons (Fsp3) is 0.188. The van der Waals surface area contributed by atoms with E-state index in [0.29, 0.717) is 12.1 Å². The van der Waals surface area contributed by atoms with Gasteiger partial charge in [0.2, 0.25) is 17.8 Å². The van der Waals surface area contributed by atoms with Gasteiger partial charge in [-0.15, -0.1) is 0 Å². The van der Waals surface area contributed by atoms with E-state index in [4.69, 9.17) is 0 Å². The summed E-state index contributed by atoms with van der Waals surface area (Å²) >= 11 is 3.43. The van der Waals surface area contributed by atoms with Crippen molar-refractivity contribution < 1.29 is 14.0 Å². The summed E-state index contributed by atoms with van der Waals surface area (Å²) in [5, 5.41) is 4.00. The van der Waals surface area contributed by atoms with Crippen molar-refractivity contribution in [2.45, 2.75) is 18.9 Å². The fourth-order valence-electron chi connectivity index (χ4n) is 3.11. The van der Waals surface area contributed by atoms with Gasteiger partial charge in [-0.3, -0.25) is 14.9 Å². The topological polar surface area (TPSA) is 64.0 Å². The van der Waals surface area contributed by atoms with Gasteiger partial charge in [0.15, 0.2) is 0 Å². The highest BCUT2D eigenvalue weighted by molar-refractivity contribution is 9.10. The van der Waals surface area contributed by atoms with Crippen molar-refractivity contribution >= 4 is 49.7 Å². The van der Waals surface area contributed by atoms with Crippen LogP contribution in [0, 0.1) is 5.95 Å². The molecular formula is C16H11BrFN3O2. The Morgan fingerprint density at radius 2 is 2.04 bits per heavy atom. The number of benzene rings is 1. The molecule has 2 aromatic heterocycles. The molecular weight excluding hydrogens is 365 g/mol. The lowest BCUT2D eigenvalue weighted by atomic mass is 10.1. The van der Waals surface area contributed by atoms with Crippen molar-refractivity contribution in [3.8, 4) is 0 Å². The van der Waals surface area contributed by atoms with E-state index in [1.54, 1.807) is 10.6 Å². The summed E-state index contributed by atoms with van der Waals surface area (Å²) in [6, 6.07) is 8.03. The van der Waals surface area contributed by atoms with Crippen molar-refractivity contribution in [2.75, 3.05) is 0 Å². The van der Waals surface area contributed by atoms with E-state index in [-0.39, 0.29) is 18.2 Å². The number of carbonyl (C=O) groups excluding carboxylic acids is 2. The van der Waals surface area contributed by atoms with Gasteiger partial charge in [-0.25, -0.2) is 4.98 Å². The van der Waals surface area contributed by atoms with Crippen LogP contribution >= 0.6 is 15.9 Å². The van der Waals surface area contributed by atoms with Gasteiger partial charge in [0.05, 0.1) is 5.52 Å². The minimum atomic E-state index is -0.604. The second kappa shape index (κ2) is 5.13. The van der Waals surface area contributed by atoms with Gasteiger partial charge < -0.3 is 4.57 Å². The van der Waals surface area contributed by atoms with Crippen LogP contribution in [0.2, 0.25) is 0 Å². The molecule has 1 aromatic carbocycles. The molecule has 1 aliphatic heterocycles. The maximum absolute atomic E-state index is 13.7. The number of amides is 2. The van der Waals surface area contributed by atoms with Gasteiger partial charge in [-0.2, -0.15) is 4.39 Å². The van der Waals surface area contributed by atoms with Crippen LogP contribution in [0.25, 0.3) is 21.9 Å². The van der Waals surface area contributed by atoms with Crippen LogP contribution in [0.15, 0.2) is 34.8 Å². The molecule has 3 aromatic rings. The molecule has 1 atom stereocenters. The first kappa shape index (κ1) is 14.3. The predicted molar refractivity (Wildman–Crippen MR) is 86.3 cm³/mol. The Labute approximate surface area is 138 Å². The first-order valence-electron chi connectivity index (χ1n) is 7.14. The molecule has 3 heterocycles. The first-order valence-corrected chi connectivity index (χ1v) is 7.93. The Hall–Kier alpha value is -2.28. The average Bonchev–Trinajstić information content (AvgIpc) is 2.80. The molecule has 0 bridgehead atoms. The van der Waals surface area contributed by atoms with Crippen LogP contribution in [-0.2, 0) is 9.59 Å². The minimum absolute atomic E-state index is 0.253. The molecule has 0 saturated carbocycles. The molecule has 1 saturated heterocycles. The van der Waals surface area contributed by atoms with Crippen molar-refractivity contribution in [2.24, 2.45) is 0 Å². The van der Waals surface area contributed by atoms with E-state index in [0.717, 1.165) is 20.8 Å². The highest BCUT2D eigenvalue weighted by Crippen LogP contribution is 2.34. The number of nitrogens with zero attached hydrogens (tertiary/aromatic N) is 2. The van der Waals surface area contributed by atoms with E-state index >= 15 is 0 Å². The lowest BCUT2D eigenvalue weighted by Gasteiger charge is -2.23. The number of hydrogen-bond acceptors (Lipinski definition) is 3. The molecule has 23 heavy (non-hydrogen) atoms. The van der Waals surface area contributed by atoms with E-state index < -0.39 is 12.0 Å². The van der Waals surface area contributed by atoms with Gasteiger partial charge in [-0.05, 0) is 36.8 Å². The fourth-order valence-corrected chi connectivity index (χ4v) is 3.47. The smallest absolute Gasteiger partial charge is 0.249 e. The Bertz CT molecular complexity index is 982. The number of hydrogen-bond donors (Lipinski definition) is 1. The maximum Gasteiger partial charge on any atom is 0.249 e. The minimum Gasteiger partial charge on any atom is -0.313 e. The van der Waals surface area contributed by atoms with Crippen molar-refractivity contribution in [3.05, 3.63) is 40.8 Å². The third-order valence-electron chi connectivity index (χ3n) is 4.10. The largest absolute Gasteiger partial charge is 0.313 e. The van der Waals surface area contributed by atoms with Gasteiger partial charge >= 0.3 is 0 Å². The van der Waals surface area contributed by atoms with E-state index in [2.05, 4.69) is 26.2 Å². The van der Waals surface area contributed by atoms with Crippen molar-refractivity contribution in [1.82, 2.24) is 14.9 Å². The second-order valence-electron chi connectivity index (χ2n) is 5.50. The van der Waals surface area contributed by atoms with Crippen LogP contribution in [0.4, 0.5) is 4.39 Å². The van der Waals surface area contributed by atoms with E-state index in [9.17, 15) is 14.0 Å². The number of fused-ring (bicyclic) bond motifs is 3. The van der Waals surface area contributed by atoms with Crippen LogP contribution in [0.5, 0.6) is 0 Å². The summed E-state index contributed by atoms with van der Waals surface area (Å²) in [5.41, 5.74) is 1.20. The zero-order valence-electron chi connectivity index (χ0n) is 11.8. The zero-order chi connectivity index (χ0) is 16.1. The van der Waals surface area contributed by atoms with Crippen LogP contribution < -0.4 is 5.32 Å². The van der Waals surface area contributed by atoms with E-state index in [1.807, 2.05) is 18.2 Å². The van der Waals surface area contributed by atoms with Gasteiger partial charge in [0, 0.05) is 21.7 Å². The second-order valence-corrected chi connectivity index (χ2v) is 6.42. The SMILES string of the molecule is O=C1CCC(n2c3ccc(Br)cc3c3ccc(F)nc32)C(=O)N1. The third kappa shape index (κ3) is 2.23. The Morgan fingerprint density at radius 1 is 1.22 bits per heavy atom. The summed E-state index contributed by atoms with van der Waals surface area (Å²) in [7, 11) is 0. The summed E-state index contributed by atoms with van der Waals surface area (Å²) < 4.78 is 16.3. The number of aromatic nitrogens is 2. The molecule has 7 heteroatoms. The number of rotatable bonds is 1. The lowest BCUT2D eigenvalue weighted by molar-refractivity contribution is -0.135. The summed E-state index contributed by atoms with van der Waals surface area (Å²) in [5.74, 6) is -1.27. The molecule has 4 rings (SSSR count). The number of nitrogens with one attached hydrogen (secondary N) is 1. The normalized spacial score (nSPS) is 18.6. The Balaban J connectivity index is 2.05. The summed E-state index contributed by atoms with van der Waals surface area (Å²) in [6.45, 7) is 0. The number of pyridine rings is 1. The number of carbonyl (C=O) groups is 2. The quantitative estimate of drug-likeness (QED) is 0.525. The number of piperidine rings is 1. The highest BCUT2D eigenvalue weighted by Gasteiger charge is 2.31. The third-order valence-corrected chi connectivity index (χ3v) is 4.59. The number of halogens is 2. The zero-order valence-corrected chi connectivity index (χ0v) is 13.4. The monoisotopic (exact) mass is 375 g/mol. The summed E-state index contributed by atoms with van der Waals surface area (Å²) in [4.78, 5) is 27.6. The maximum atomic E-state index is 13.7. The van der Waals surface area contributed by atoms with Crippen molar-refractivity contribution in [1.29, 1.82) is 0 Å². The first-order chi connectivity index (χ1) is 11.0. The Morgan fingerprint density at radius 3 is 2.83 bits per heavy atom. The van der Waals surface area contributed by atoms with Crippen molar-refractivity contribution in [3.63, 3.8) is 0 Å². The van der Waals surface area contributed by atoms with Gasteiger partial charge in [-0.1, -0.05) is 15.9 Å². The van der Waals surface area contributed by atoms with Crippen LogP contribution in [0.1, 0.15) is 18.9 Å². The molecule has 2 amide bonds. The molecule has 0 radical (unpaired) electrons. The van der Waals surface area contributed by atoms with Crippen LogP contribution in [-0.4, -0.2) is 21.4 Å². The molecule has 0 aliphatic carbocycles. The van der Waals surface area contributed by atoms with Crippen LogP contribution in [0.3, 0.4) is 0 Å². The number of imide groups is 1. The molecule has 116 valence electrons. The van der Waals surface area contributed by atoms with E-state index in [1.165, 1.54) is 6.07 Å². The molecule has 1 N–H and O–H groups in total. The highest BCUT2D eigenvalue weighted by atomic mass is 79.9. The lowest BCUT2D eigenvalue weighted by Crippen LogP contribution is -2.41. The summed E-state index contributed by atoms with van der Waals surface area (Å²) in [6.07, 6.45) is 0.626. The molecule has 5 nitrogen and oxygen atoms in total. The molecule has 1 fully saturated rings. The standard InChI is InChI=1S/C16H11BrFN3O2/c17-8-1-3-11-10(7-8)9-2-5-13(18)19-15(9)21(11)12-4-6-14(22)20-16(12)23/h1-3,5,7,12H,4,6H2,(H,20,22,23). The Kier molecular flexibility index (Phi) is 3.19. The average molecular weight is 376 g/mol. The predicted octanol–water partition coefficient (Wildman–Crippen LogP) is 3.07. The molecule has 1 aliphatic rings. The molecule has 1 unspecified atom stereocenters. The van der Waals surface area contributed by atoms with Gasteiger partial charge in [0.25, 0.3) is 0 Å². The van der Waals surface area contributed by atoms with Gasteiger partial charge in [0.1, 0.15) is 11.7 Å². The molecule has 0 spiro atoms.